The van der Waals surface area contributed by atoms with Gasteiger partial charge in [0.15, 0.2) is 5.65 Å². The van der Waals surface area contributed by atoms with Crippen molar-refractivity contribution in [1.82, 2.24) is 19.6 Å². The average Bonchev–Trinajstić information content (AvgIpc) is 3.04. The Morgan fingerprint density at radius 2 is 1.79 bits per heavy atom. The van der Waals surface area contributed by atoms with E-state index in [0.29, 0.717) is 5.95 Å². The molecule has 3 aromatic heterocycles. The summed E-state index contributed by atoms with van der Waals surface area (Å²) in [7, 11) is 0. The molecule has 0 fully saturated rings. The number of anilines is 2. The molecule has 0 aliphatic rings. The topological polar surface area (TPSA) is 55.1 Å². The van der Waals surface area contributed by atoms with E-state index in [0.717, 1.165) is 33.0 Å². The maximum Gasteiger partial charge on any atom is 0.247 e. The highest BCUT2D eigenvalue weighted by Crippen LogP contribution is 2.22. The lowest BCUT2D eigenvalue weighted by atomic mass is 10.2. The zero-order valence-electron chi connectivity index (χ0n) is 12.7. The molecule has 0 saturated carbocycles. The van der Waals surface area contributed by atoms with Gasteiger partial charge in [-0.2, -0.15) is 4.98 Å². The number of rotatable bonds is 2. The van der Waals surface area contributed by atoms with E-state index in [1.165, 1.54) is 0 Å². The predicted molar refractivity (Wildman–Crippen MR) is 95.5 cm³/mol. The summed E-state index contributed by atoms with van der Waals surface area (Å²) in [6.07, 6.45) is 3.73. The molecule has 0 bridgehead atoms. The van der Waals surface area contributed by atoms with Crippen LogP contribution in [0.5, 0.6) is 0 Å². The summed E-state index contributed by atoms with van der Waals surface area (Å²) in [6.45, 7) is 0. The van der Waals surface area contributed by atoms with Gasteiger partial charge in [-0.15, -0.1) is 5.10 Å². The minimum Gasteiger partial charge on any atom is -0.323 e. The number of aromatic nitrogens is 4. The van der Waals surface area contributed by atoms with Gasteiger partial charge in [-0.1, -0.05) is 30.3 Å². The Labute approximate surface area is 137 Å². The third-order valence-corrected chi connectivity index (χ3v) is 4.09. The standard InChI is InChI=1S/C19H13N5/c1-2-6-16-13(4-1)9-11-24-18(16)22-19(23-24)21-15-7-8-17-14(12-15)5-3-10-20-17/h1-12H,(H,21,23). The van der Waals surface area contributed by atoms with Crippen LogP contribution in [0.2, 0.25) is 0 Å². The molecule has 3 heterocycles. The van der Waals surface area contributed by atoms with Crippen molar-refractivity contribution < 1.29 is 0 Å². The van der Waals surface area contributed by atoms with E-state index >= 15 is 0 Å². The van der Waals surface area contributed by atoms with Gasteiger partial charge in [-0.05, 0) is 35.7 Å². The zero-order valence-corrected chi connectivity index (χ0v) is 12.7. The maximum atomic E-state index is 4.64. The molecule has 5 heteroatoms. The molecule has 1 N–H and O–H groups in total. The van der Waals surface area contributed by atoms with Gasteiger partial charge >= 0.3 is 0 Å². The SMILES string of the molecule is c1cnc2ccc(Nc3nc4c5ccccc5ccn4n3)cc2c1. The molecule has 114 valence electrons. The Morgan fingerprint density at radius 3 is 2.79 bits per heavy atom. The number of pyridine rings is 2. The first-order valence-corrected chi connectivity index (χ1v) is 7.73. The van der Waals surface area contributed by atoms with Crippen molar-refractivity contribution in [3.8, 4) is 0 Å². The molecular weight excluding hydrogens is 298 g/mol. The smallest absolute Gasteiger partial charge is 0.247 e. The molecule has 5 rings (SSSR count). The predicted octanol–water partition coefficient (Wildman–Crippen LogP) is 4.17. The van der Waals surface area contributed by atoms with Crippen LogP contribution in [0.4, 0.5) is 11.6 Å². The van der Waals surface area contributed by atoms with Crippen LogP contribution in [0.25, 0.3) is 27.3 Å². The molecule has 5 nitrogen and oxygen atoms in total. The Bertz CT molecular complexity index is 1190. The van der Waals surface area contributed by atoms with Gasteiger partial charge in [-0.25, -0.2) is 4.52 Å². The number of hydrogen-bond donors (Lipinski definition) is 1. The number of benzene rings is 2. The fourth-order valence-electron chi connectivity index (χ4n) is 2.94. The lowest BCUT2D eigenvalue weighted by molar-refractivity contribution is 0.971. The summed E-state index contributed by atoms with van der Waals surface area (Å²) in [6, 6.07) is 20.2. The quantitative estimate of drug-likeness (QED) is 0.531. The second kappa shape index (κ2) is 5.03. The Morgan fingerprint density at radius 1 is 0.875 bits per heavy atom. The first kappa shape index (κ1) is 13.0. The molecule has 0 radical (unpaired) electrons. The molecule has 0 saturated heterocycles. The van der Waals surface area contributed by atoms with E-state index in [9.17, 15) is 0 Å². The average molecular weight is 311 g/mol. The van der Waals surface area contributed by atoms with E-state index in [1.54, 1.807) is 10.7 Å². The van der Waals surface area contributed by atoms with Crippen LogP contribution in [0, 0.1) is 0 Å². The normalized spacial score (nSPS) is 11.3. The van der Waals surface area contributed by atoms with Crippen LogP contribution in [0.3, 0.4) is 0 Å². The fraction of sp³-hybridized carbons (Fsp3) is 0. The number of hydrogen-bond acceptors (Lipinski definition) is 4. The van der Waals surface area contributed by atoms with Gasteiger partial charge in [0.2, 0.25) is 5.95 Å². The lowest BCUT2D eigenvalue weighted by Crippen LogP contribution is -1.93. The first-order chi connectivity index (χ1) is 11.9. The first-order valence-electron chi connectivity index (χ1n) is 7.73. The van der Waals surface area contributed by atoms with E-state index in [4.69, 9.17) is 0 Å². The van der Waals surface area contributed by atoms with E-state index in [2.05, 4.69) is 32.5 Å². The van der Waals surface area contributed by atoms with Gasteiger partial charge in [0.1, 0.15) is 0 Å². The summed E-state index contributed by atoms with van der Waals surface area (Å²) in [5, 5.41) is 11.1. The Hall–Kier alpha value is -3.47. The van der Waals surface area contributed by atoms with Gasteiger partial charge < -0.3 is 5.32 Å². The van der Waals surface area contributed by atoms with E-state index in [1.807, 2.05) is 54.7 Å². The highest BCUT2D eigenvalue weighted by Gasteiger charge is 2.07. The lowest BCUT2D eigenvalue weighted by Gasteiger charge is -2.03. The fourth-order valence-corrected chi connectivity index (χ4v) is 2.94. The molecule has 5 aromatic rings. The van der Waals surface area contributed by atoms with Crippen molar-refractivity contribution in [3.05, 3.63) is 73.1 Å². The minimum atomic E-state index is 0.578. The van der Waals surface area contributed by atoms with Gasteiger partial charge in [0.25, 0.3) is 0 Å². The molecule has 0 amide bonds. The second-order valence-corrected chi connectivity index (χ2v) is 5.64. The van der Waals surface area contributed by atoms with Crippen molar-refractivity contribution in [2.45, 2.75) is 0 Å². The van der Waals surface area contributed by atoms with Crippen LogP contribution in [-0.2, 0) is 0 Å². The molecule has 2 aromatic carbocycles. The van der Waals surface area contributed by atoms with Crippen molar-refractivity contribution in [3.63, 3.8) is 0 Å². The maximum absolute atomic E-state index is 4.64. The van der Waals surface area contributed by atoms with Gasteiger partial charge in [-0.3, -0.25) is 4.98 Å². The Kier molecular flexibility index (Phi) is 2.72. The van der Waals surface area contributed by atoms with E-state index in [-0.39, 0.29) is 0 Å². The molecule has 0 aliphatic carbocycles. The number of fused-ring (bicyclic) bond motifs is 4. The van der Waals surface area contributed by atoms with Crippen molar-refractivity contribution >= 4 is 39.0 Å². The monoisotopic (exact) mass is 311 g/mol. The van der Waals surface area contributed by atoms with Crippen LogP contribution in [0.1, 0.15) is 0 Å². The summed E-state index contributed by atoms with van der Waals surface area (Å²) in [5.74, 6) is 0.578. The van der Waals surface area contributed by atoms with Gasteiger partial charge in [0.05, 0.1) is 5.52 Å². The minimum absolute atomic E-state index is 0.578. The molecule has 0 unspecified atom stereocenters. The van der Waals surface area contributed by atoms with E-state index < -0.39 is 0 Å². The third-order valence-electron chi connectivity index (χ3n) is 4.09. The van der Waals surface area contributed by atoms with Crippen LogP contribution >= 0.6 is 0 Å². The molecule has 0 aliphatic heterocycles. The van der Waals surface area contributed by atoms with Crippen LogP contribution in [-0.4, -0.2) is 19.6 Å². The second-order valence-electron chi connectivity index (χ2n) is 5.64. The summed E-state index contributed by atoms with van der Waals surface area (Å²) in [5.41, 5.74) is 2.76. The third kappa shape index (κ3) is 2.06. The largest absolute Gasteiger partial charge is 0.323 e. The number of nitrogens with zero attached hydrogens (tertiary/aromatic N) is 4. The highest BCUT2D eigenvalue weighted by molar-refractivity contribution is 5.94. The van der Waals surface area contributed by atoms with Crippen molar-refractivity contribution in [2.75, 3.05) is 5.32 Å². The highest BCUT2D eigenvalue weighted by atomic mass is 15.3. The van der Waals surface area contributed by atoms with Crippen LogP contribution in [0.15, 0.2) is 73.1 Å². The molecule has 24 heavy (non-hydrogen) atoms. The zero-order chi connectivity index (χ0) is 15.9. The van der Waals surface area contributed by atoms with Gasteiger partial charge in [0, 0.05) is 28.9 Å². The van der Waals surface area contributed by atoms with Crippen molar-refractivity contribution in [1.29, 1.82) is 0 Å². The molecule has 0 spiro atoms. The van der Waals surface area contributed by atoms with Crippen LogP contribution < -0.4 is 5.32 Å². The van der Waals surface area contributed by atoms with Crippen molar-refractivity contribution in [2.24, 2.45) is 0 Å². The molecule has 0 atom stereocenters. The summed E-state index contributed by atoms with van der Waals surface area (Å²) in [4.78, 5) is 8.98. The Balaban J connectivity index is 1.59. The summed E-state index contributed by atoms with van der Waals surface area (Å²) < 4.78 is 1.80. The number of nitrogens with one attached hydrogen (secondary N) is 1. The molecular formula is C19H13N5. The summed E-state index contributed by atoms with van der Waals surface area (Å²) >= 11 is 0.